The van der Waals surface area contributed by atoms with E-state index < -0.39 is 15.9 Å². The molecule has 0 saturated heterocycles. The first kappa shape index (κ1) is 42.3. The van der Waals surface area contributed by atoms with Gasteiger partial charge in [0.15, 0.2) is 10.8 Å². The maximum Gasteiger partial charge on any atom is 0.283 e. The van der Waals surface area contributed by atoms with Crippen LogP contribution in [-0.2, 0) is 29.4 Å². The van der Waals surface area contributed by atoms with E-state index in [9.17, 15) is 23.2 Å². The molecule has 0 radical (unpaired) electrons. The Morgan fingerprint density at radius 3 is 2.60 bits per heavy atom. The van der Waals surface area contributed by atoms with E-state index >= 15 is 0 Å². The van der Waals surface area contributed by atoms with E-state index in [2.05, 4.69) is 47.0 Å². The number of nitrogens with one attached hydrogen (secondary N) is 2. The summed E-state index contributed by atoms with van der Waals surface area (Å²) in [7, 11) is -0.358. The van der Waals surface area contributed by atoms with E-state index in [1.165, 1.54) is 29.7 Å². The number of carbonyl (C=O) groups is 2. The minimum Gasteiger partial charge on any atom is -0.412 e. The van der Waals surface area contributed by atoms with E-state index in [1.54, 1.807) is 42.4 Å². The van der Waals surface area contributed by atoms with Gasteiger partial charge in [-0.1, -0.05) is 47.7 Å². The third kappa shape index (κ3) is 10.2. The highest BCUT2D eigenvalue weighted by atomic mass is 32.2. The Balaban J connectivity index is 0.00000567. The predicted octanol–water partition coefficient (Wildman–Crippen LogP) is 4.08. The van der Waals surface area contributed by atoms with Crippen LogP contribution in [0.25, 0.3) is 10.2 Å². The quantitative estimate of drug-likeness (QED) is 0.0850. The molecule has 0 saturated carbocycles. The molecule has 0 spiro atoms. The van der Waals surface area contributed by atoms with Crippen molar-refractivity contribution in [1.82, 2.24) is 29.6 Å². The van der Waals surface area contributed by atoms with E-state index in [4.69, 9.17) is 0 Å². The third-order valence-electron chi connectivity index (χ3n) is 9.57. The molecule has 2 aromatic carbocycles. The molecular formula is C40H44N9O6S3+. The fraction of sp³-hybridized carbons (Fsp3) is 0.250. The number of rotatable bonds is 15. The van der Waals surface area contributed by atoms with Gasteiger partial charge in [0.05, 0.1) is 10.9 Å². The van der Waals surface area contributed by atoms with Crippen molar-refractivity contribution in [2.75, 3.05) is 43.2 Å². The predicted molar refractivity (Wildman–Crippen MR) is 224 cm³/mol. The fourth-order valence-electron chi connectivity index (χ4n) is 6.55. The minimum atomic E-state index is -4.39. The number of nitrogens with zero attached hydrogens (tertiary/aromatic N) is 6. The second-order valence-electron chi connectivity index (χ2n) is 13.9. The zero-order valence-electron chi connectivity index (χ0n) is 31.8. The number of thioether (sulfide) groups is 1. The summed E-state index contributed by atoms with van der Waals surface area (Å²) >= 11 is 3.11. The summed E-state index contributed by atoms with van der Waals surface area (Å²) in [5, 5.41) is 13.6. The Morgan fingerprint density at radius 2 is 1.83 bits per heavy atom. The largest absolute Gasteiger partial charge is 0.412 e. The molecule has 58 heavy (non-hydrogen) atoms. The maximum atomic E-state index is 13.5. The van der Waals surface area contributed by atoms with Crippen molar-refractivity contribution in [3.63, 3.8) is 0 Å². The van der Waals surface area contributed by atoms with Crippen LogP contribution in [0.2, 0.25) is 0 Å². The summed E-state index contributed by atoms with van der Waals surface area (Å²) in [5.74, 6) is 0.264. The summed E-state index contributed by atoms with van der Waals surface area (Å²) in [4.78, 5) is 49.4. The normalized spacial score (nSPS) is 13.1. The number of sulfonamides is 1. The lowest BCUT2D eigenvalue weighted by molar-refractivity contribution is -0.826. The number of anilines is 2. The number of fused-ring (bicyclic) bond motifs is 2. The number of aromatic nitrogens is 4. The summed E-state index contributed by atoms with van der Waals surface area (Å²) in [5.41, 5.74) is 4.64. The average Bonchev–Trinajstić information content (AvgIpc) is 3.64. The zero-order chi connectivity index (χ0) is 39.9. The third-order valence-corrected chi connectivity index (χ3v) is 13.1. The van der Waals surface area contributed by atoms with Crippen LogP contribution < -0.4 is 20.4 Å². The minimum absolute atomic E-state index is 0. The van der Waals surface area contributed by atoms with Crippen molar-refractivity contribution < 1.29 is 34.2 Å². The van der Waals surface area contributed by atoms with Crippen LogP contribution in [0.4, 0.5) is 16.6 Å². The van der Waals surface area contributed by atoms with Crippen molar-refractivity contribution in [2.45, 2.75) is 35.6 Å². The molecule has 18 heteroatoms. The van der Waals surface area contributed by atoms with Gasteiger partial charge in [-0.25, -0.2) is 28.3 Å². The Hall–Kier alpha value is -5.34. The molecule has 1 aliphatic heterocycles. The van der Waals surface area contributed by atoms with E-state index in [-0.39, 0.29) is 33.6 Å². The lowest BCUT2D eigenvalue weighted by Crippen LogP contribution is -2.74. The maximum absolute atomic E-state index is 13.5. The van der Waals surface area contributed by atoms with Gasteiger partial charge < -0.3 is 15.3 Å². The van der Waals surface area contributed by atoms with Crippen LogP contribution in [0.5, 0.6) is 0 Å². The van der Waals surface area contributed by atoms with Crippen LogP contribution in [0.1, 0.15) is 44.1 Å². The highest BCUT2D eigenvalue weighted by Gasteiger charge is 2.27. The summed E-state index contributed by atoms with van der Waals surface area (Å²) < 4.78 is 30.0. The van der Waals surface area contributed by atoms with Gasteiger partial charge in [0.1, 0.15) is 27.6 Å². The van der Waals surface area contributed by atoms with Crippen molar-refractivity contribution in [1.29, 1.82) is 0 Å². The van der Waals surface area contributed by atoms with Gasteiger partial charge in [-0.2, -0.15) is 5.48 Å². The number of pyridine rings is 3. The SMILES string of the molecule is CN(C)CC[C@H](CSc1ccccc1)Cc1ncc(S(=O)(=O)NC(=O)c2cccc(N3CCc4cccc(C(=O)Nc5nc6cnccc6s5)c4C3)n2)cc1[NH2+]O.O. The average molecular weight is 843 g/mol. The smallest absolute Gasteiger partial charge is 0.283 e. The molecule has 1 aliphatic rings. The van der Waals surface area contributed by atoms with Crippen LogP contribution in [0, 0.1) is 5.92 Å². The van der Waals surface area contributed by atoms with Crippen LogP contribution in [0.3, 0.4) is 0 Å². The molecular weight excluding hydrogens is 799 g/mol. The molecule has 7 rings (SSSR count). The number of nitrogens with two attached hydrogens (primary N) is 1. The number of hydrogen-bond donors (Lipinski definition) is 4. The van der Waals surface area contributed by atoms with Gasteiger partial charge in [-0.05, 0) is 93.3 Å². The van der Waals surface area contributed by atoms with E-state index in [0.717, 1.165) is 44.9 Å². The van der Waals surface area contributed by atoms with Crippen LogP contribution >= 0.6 is 23.1 Å². The lowest BCUT2D eigenvalue weighted by Gasteiger charge is -2.31. The number of carbonyl (C=O) groups excluding carboxylic acids is 2. The Kier molecular flexibility index (Phi) is 13.8. The Morgan fingerprint density at radius 1 is 1.02 bits per heavy atom. The van der Waals surface area contributed by atoms with Crippen molar-refractivity contribution in [3.8, 4) is 0 Å². The molecule has 4 aromatic heterocycles. The first-order valence-corrected chi connectivity index (χ1v) is 21.6. The zero-order valence-corrected chi connectivity index (χ0v) is 34.3. The summed E-state index contributed by atoms with van der Waals surface area (Å²) in [6.07, 6.45) is 6.58. The molecule has 5 heterocycles. The number of hydrogen-bond acceptors (Lipinski definition) is 13. The molecule has 0 fully saturated rings. The molecule has 7 N–H and O–H groups in total. The fourth-order valence-corrected chi connectivity index (χ4v) is 9.38. The molecule has 6 aromatic rings. The highest BCUT2D eigenvalue weighted by Crippen LogP contribution is 2.30. The summed E-state index contributed by atoms with van der Waals surface area (Å²) in [6, 6.07) is 23.7. The van der Waals surface area contributed by atoms with Crippen molar-refractivity contribution in [2.24, 2.45) is 5.92 Å². The molecule has 1 atom stereocenters. The number of benzene rings is 2. The van der Waals surface area contributed by atoms with Crippen LogP contribution in [-0.4, -0.2) is 88.7 Å². The van der Waals surface area contributed by atoms with Crippen LogP contribution in [0.15, 0.2) is 107 Å². The lowest BCUT2D eigenvalue weighted by atomic mass is 9.94. The molecule has 2 amide bonds. The van der Waals surface area contributed by atoms with Gasteiger partial charge in [0, 0.05) is 47.8 Å². The van der Waals surface area contributed by atoms with Gasteiger partial charge in [-0.3, -0.25) is 24.9 Å². The van der Waals surface area contributed by atoms with Gasteiger partial charge >= 0.3 is 0 Å². The molecule has 0 bridgehead atoms. The highest BCUT2D eigenvalue weighted by molar-refractivity contribution is 7.99. The van der Waals surface area contributed by atoms with Crippen molar-refractivity contribution >= 4 is 71.8 Å². The molecule has 302 valence electrons. The monoisotopic (exact) mass is 842 g/mol. The number of quaternary nitrogens is 1. The Labute approximate surface area is 344 Å². The number of thiazole rings is 1. The van der Waals surface area contributed by atoms with E-state index in [1.807, 2.05) is 55.4 Å². The molecule has 0 unspecified atom stereocenters. The molecule has 15 nitrogen and oxygen atoms in total. The Bertz CT molecular complexity index is 2470. The van der Waals surface area contributed by atoms with Gasteiger partial charge in [-0.15, -0.1) is 11.8 Å². The van der Waals surface area contributed by atoms with E-state index in [0.29, 0.717) is 53.7 Å². The first-order chi connectivity index (χ1) is 27.6. The standard InChI is InChI=1S/C40H41N9O5S3.H2O/c1-48(2)18-15-26(25-55-28-9-4-3-5-10-28)20-33-34(46-52)21-29(22-42-33)57(53,54)47-39(51)32-12-7-13-37(43-32)49-19-16-27-8-6-11-30(31(27)24-49)38(50)45-40-44-35-23-41-17-14-36(35)56-40;/h3-14,17,21-23,26,46,52H,15-16,18-20,24-25H2,1-2H3,(H,47,51)(H,44,45,50);1H2/p+1/t26-;/m0./s1. The van der Waals surface area contributed by atoms with Gasteiger partial charge in [0.25, 0.3) is 21.8 Å². The molecule has 0 aliphatic carbocycles. The topological polar surface area (TPSA) is 219 Å². The second kappa shape index (κ2) is 18.9. The first-order valence-electron chi connectivity index (χ1n) is 18.3. The van der Waals surface area contributed by atoms with Gasteiger partial charge in [0.2, 0.25) is 0 Å². The second-order valence-corrected chi connectivity index (χ2v) is 17.7. The van der Waals surface area contributed by atoms with Crippen molar-refractivity contribution in [3.05, 3.63) is 126 Å². The number of amides is 2. The summed E-state index contributed by atoms with van der Waals surface area (Å²) in [6.45, 7) is 1.77.